The zero-order chi connectivity index (χ0) is 25.6. The number of para-hydroxylation sites is 2. The molecule has 0 radical (unpaired) electrons. The van der Waals surface area contributed by atoms with E-state index in [1.165, 1.54) is 17.3 Å². The highest BCUT2D eigenvalue weighted by atomic mass is 32.2. The lowest BCUT2D eigenvalue weighted by molar-refractivity contribution is -0.120. The molecule has 1 aliphatic rings. The number of carbonyl (C=O) groups excluding carboxylic acids is 2. The van der Waals surface area contributed by atoms with E-state index >= 15 is 0 Å². The van der Waals surface area contributed by atoms with Gasteiger partial charge in [0.05, 0.1) is 25.8 Å². The summed E-state index contributed by atoms with van der Waals surface area (Å²) in [4.78, 5) is 27.5. The number of ether oxygens (including phenoxy) is 1. The Labute approximate surface area is 219 Å². The van der Waals surface area contributed by atoms with Gasteiger partial charge in [-0.3, -0.25) is 14.2 Å². The second-order valence-corrected chi connectivity index (χ2v) is 9.53. The third kappa shape index (κ3) is 5.67. The first-order chi connectivity index (χ1) is 18.1. The first-order valence-corrected chi connectivity index (χ1v) is 13.0. The lowest BCUT2D eigenvalue weighted by Crippen LogP contribution is -2.30. The van der Waals surface area contributed by atoms with Gasteiger partial charge in [0.1, 0.15) is 5.75 Å². The lowest BCUT2D eigenvalue weighted by atomic mass is 10.1. The van der Waals surface area contributed by atoms with E-state index in [2.05, 4.69) is 21.6 Å². The van der Waals surface area contributed by atoms with Crippen molar-refractivity contribution in [3.05, 3.63) is 95.8 Å². The second-order valence-electron chi connectivity index (χ2n) is 8.58. The number of carbonyl (C=O) groups is 2. The largest absolute Gasteiger partial charge is 0.497 e. The minimum absolute atomic E-state index is 0.0342. The Morgan fingerprint density at radius 2 is 1.73 bits per heavy atom. The third-order valence-electron chi connectivity index (χ3n) is 6.20. The van der Waals surface area contributed by atoms with Crippen LogP contribution in [0, 0.1) is 0 Å². The molecule has 8 nitrogen and oxygen atoms in total. The topological polar surface area (TPSA) is 89.3 Å². The highest BCUT2D eigenvalue weighted by Gasteiger charge is 2.25. The standard InChI is InChI=1S/C28H27N5O3S/c1-36-23-13-11-20(12-14-23)17-26(34)29-18-25-30-31-28(33(25)22-8-3-2-4-9-22)37-19-27(35)32-16-15-21-7-5-6-10-24(21)32/h2-14H,15-19H2,1H3,(H,29,34). The van der Waals surface area contributed by atoms with E-state index in [9.17, 15) is 9.59 Å². The monoisotopic (exact) mass is 513 g/mol. The summed E-state index contributed by atoms with van der Waals surface area (Å²) in [5.74, 6) is 1.49. The molecule has 0 spiro atoms. The summed E-state index contributed by atoms with van der Waals surface area (Å²) in [5, 5.41) is 12.2. The summed E-state index contributed by atoms with van der Waals surface area (Å²) in [6.45, 7) is 0.903. The van der Waals surface area contributed by atoms with Crippen molar-refractivity contribution in [2.24, 2.45) is 0 Å². The van der Waals surface area contributed by atoms with Gasteiger partial charge in [-0.1, -0.05) is 60.3 Å². The molecule has 2 heterocycles. The maximum atomic E-state index is 13.0. The average molecular weight is 514 g/mol. The summed E-state index contributed by atoms with van der Waals surface area (Å²) in [5.41, 5.74) is 3.94. The number of hydrogen-bond donors (Lipinski definition) is 1. The molecule has 9 heteroatoms. The number of aromatic nitrogens is 3. The molecule has 0 bridgehead atoms. The van der Waals surface area contributed by atoms with Crippen molar-refractivity contribution in [2.45, 2.75) is 24.5 Å². The average Bonchev–Trinajstić information content (AvgIpc) is 3.56. The number of thioether (sulfide) groups is 1. The number of benzene rings is 3. The summed E-state index contributed by atoms with van der Waals surface area (Å²) in [6.07, 6.45) is 1.12. The number of anilines is 1. The van der Waals surface area contributed by atoms with Crippen LogP contribution >= 0.6 is 11.8 Å². The van der Waals surface area contributed by atoms with E-state index in [0.717, 1.165) is 29.1 Å². The van der Waals surface area contributed by atoms with Crippen molar-refractivity contribution in [3.8, 4) is 11.4 Å². The zero-order valence-corrected chi connectivity index (χ0v) is 21.3. The Morgan fingerprint density at radius 1 is 0.973 bits per heavy atom. The van der Waals surface area contributed by atoms with E-state index in [-0.39, 0.29) is 30.5 Å². The van der Waals surface area contributed by atoms with Gasteiger partial charge < -0.3 is 15.0 Å². The number of rotatable bonds is 9. The van der Waals surface area contributed by atoms with Crippen molar-refractivity contribution in [2.75, 3.05) is 24.3 Å². The molecule has 5 rings (SSSR count). The number of nitrogens with zero attached hydrogens (tertiary/aromatic N) is 4. The fourth-order valence-electron chi connectivity index (χ4n) is 4.32. The van der Waals surface area contributed by atoms with Crippen LogP contribution in [0.25, 0.3) is 5.69 Å². The van der Waals surface area contributed by atoms with Gasteiger partial charge in [-0.15, -0.1) is 10.2 Å². The normalized spacial score (nSPS) is 12.3. The van der Waals surface area contributed by atoms with E-state index in [1.807, 2.05) is 82.3 Å². The van der Waals surface area contributed by atoms with Crippen LogP contribution in [0.3, 0.4) is 0 Å². The molecule has 1 aromatic heterocycles. The smallest absolute Gasteiger partial charge is 0.237 e. The molecule has 0 atom stereocenters. The molecule has 0 fully saturated rings. The molecular formula is C28H27N5O3S. The summed E-state index contributed by atoms with van der Waals surface area (Å²) in [7, 11) is 1.61. The van der Waals surface area contributed by atoms with Crippen molar-refractivity contribution < 1.29 is 14.3 Å². The van der Waals surface area contributed by atoms with Crippen LogP contribution in [-0.2, 0) is 29.0 Å². The first-order valence-electron chi connectivity index (χ1n) is 12.0. The minimum Gasteiger partial charge on any atom is -0.497 e. The van der Waals surface area contributed by atoms with Crippen LogP contribution in [0.5, 0.6) is 5.75 Å². The van der Waals surface area contributed by atoms with Crippen LogP contribution in [0.4, 0.5) is 5.69 Å². The van der Waals surface area contributed by atoms with Crippen molar-refractivity contribution in [3.63, 3.8) is 0 Å². The van der Waals surface area contributed by atoms with Gasteiger partial charge in [0.25, 0.3) is 0 Å². The van der Waals surface area contributed by atoms with Crippen molar-refractivity contribution in [1.29, 1.82) is 0 Å². The molecule has 0 saturated heterocycles. The van der Waals surface area contributed by atoms with Crippen LogP contribution < -0.4 is 15.0 Å². The van der Waals surface area contributed by atoms with Gasteiger partial charge in [-0.2, -0.15) is 0 Å². The van der Waals surface area contributed by atoms with E-state index in [1.54, 1.807) is 7.11 Å². The quantitative estimate of drug-likeness (QED) is 0.343. The van der Waals surface area contributed by atoms with Gasteiger partial charge >= 0.3 is 0 Å². The molecule has 1 N–H and O–H groups in total. The predicted octanol–water partition coefficient (Wildman–Crippen LogP) is 3.82. The molecule has 3 aromatic carbocycles. The Hall–Kier alpha value is -4.11. The number of hydrogen-bond acceptors (Lipinski definition) is 6. The van der Waals surface area contributed by atoms with E-state index < -0.39 is 0 Å². The number of methoxy groups -OCH3 is 1. The minimum atomic E-state index is -0.121. The number of amides is 2. The van der Waals surface area contributed by atoms with Gasteiger partial charge in [0.2, 0.25) is 11.8 Å². The molecular weight excluding hydrogens is 486 g/mol. The fraction of sp³-hybridized carbons (Fsp3) is 0.214. The predicted molar refractivity (Wildman–Crippen MR) is 143 cm³/mol. The summed E-state index contributed by atoms with van der Waals surface area (Å²) < 4.78 is 7.06. The second kappa shape index (κ2) is 11.3. The van der Waals surface area contributed by atoms with Crippen molar-refractivity contribution in [1.82, 2.24) is 20.1 Å². The Kier molecular flexibility index (Phi) is 7.51. The molecule has 4 aromatic rings. The Bertz CT molecular complexity index is 1390. The molecule has 2 amide bonds. The zero-order valence-electron chi connectivity index (χ0n) is 20.5. The van der Waals surface area contributed by atoms with Crippen LogP contribution in [0.1, 0.15) is 17.0 Å². The van der Waals surface area contributed by atoms with Crippen LogP contribution in [0.15, 0.2) is 84.0 Å². The van der Waals surface area contributed by atoms with E-state index in [4.69, 9.17) is 4.74 Å². The first kappa shape index (κ1) is 24.6. The van der Waals surface area contributed by atoms with Gasteiger partial charge in [0, 0.05) is 17.9 Å². The SMILES string of the molecule is COc1ccc(CC(=O)NCc2nnc(SCC(=O)N3CCc4ccccc43)n2-c2ccccc2)cc1. The van der Waals surface area contributed by atoms with Gasteiger partial charge in [0.15, 0.2) is 11.0 Å². The third-order valence-corrected chi connectivity index (χ3v) is 7.11. The maximum Gasteiger partial charge on any atom is 0.237 e. The molecule has 188 valence electrons. The Morgan fingerprint density at radius 3 is 2.51 bits per heavy atom. The lowest BCUT2D eigenvalue weighted by Gasteiger charge is -2.17. The Balaban J connectivity index is 1.27. The summed E-state index contributed by atoms with van der Waals surface area (Å²) >= 11 is 1.35. The van der Waals surface area contributed by atoms with Gasteiger partial charge in [-0.05, 0) is 47.9 Å². The summed E-state index contributed by atoms with van der Waals surface area (Å²) in [6, 6.07) is 25.1. The highest BCUT2D eigenvalue weighted by Crippen LogP contribution is 2.29. The molecule has 37 heavy (non-hydrogen) atoms. The maximum absolute atomic E-state index is 13.0. The number of fused-ring (bicyclic) bond motifs is 1. The molecule has 0 aliphatic carbocycles. The molecule has 0 saturated carbocycles. The van der Waals surface area contributed by atoms with Crippen LogP contribution in [0.2, 0.25) is 0 Å². The highest BCUT2D eigenvalue weighted by molar-refractivity contribution is 7.99. The van der Waals surface area contributed by atoms with Crippen LogP contribution in [-0.4, -0.2) is 46.0 Å². The fourth-order valence-corrected chi connectivity index (χ4v) is 5.16. The van der Waals surface area contributed by atoms with Gasteiger partial charge in [-0.25, -0.2) is 0 Å². The molecule has 1 aliphatic heterocycles. The van der Waals surface area contributed by atoms with Crippen molar-refractivity contribution >= 4 is 29.3 Å². The molecule has 0 unspecified atom stereocenters. The number of nitrogens with one attached hydrogen (secondary N) is 1. The van der Waals surface area contributed by atoms with E-state index in [0.29, 0.717) is 17.5 Å².